The first kappa shape index (κ1) is 20.3. The van der Waals surface area contributed by atoms with Gasteiger partial charge in [0.1, 0.15) is 0 Å². The summed E-state index contributed by atoms with van der Waals surface area (Å²) in [4.78, 5) is 0. The molecule has 1 fully saturated rings. The summed E-state index contributed by atoms with van der Waals surface area (Å²) < 4.78 is 0. The van der Waals surface area contributed by atoms with Crippen LogP contribution in [-0.2, 0) is 0 Å². The van der Waals surface area contributed by atoms with Crippen LogP contribution in [0.3, 0.4) is 0 Å². The number of allylic oxidation sites excluding steroid dienone is 2. The Bertz CT molecular complexity index is 425. The molecule has 0 aromatic carbocycles. The molecule has 3 unspecified atom stereocenters. The molecule has 3 atom stereocenters. The van der Waals surface area contributed by atoms with Gasteiger partial charge in [0, 0.05) is 17.5 Å². The third-order valence-electron chi connectivity index (χ3n) is 4.32. The fourth-order valence-electron chi connectivity index (χ4n) is 3.06. The van der Waals surface area contributed by atoms with Crippen LogP contribution in [0.25, 0.3) is 0 Å². The molecule has 0 heterocycles. The molecule has 0 aromatic heterocycles. The number of nitrogens with one attached hydrogen (secondary N) is 2. The third kappa shape index (κ3) is 9.18. The van der Waals surface area contributed by atoms with E-state index in [-0.39, 0.29) is 11.1 Å². The van der Waals surface area contributed by atoms with Crippen LogP contribution >= 0.6 is 0 Å². The molecule has 23 heavy (non-hydrogen) atoms. The minimum absolute atomic E-state index is 0.197. The SMILES string of the molecule is CC(C)(C)NCC1CC2C=CC1C2.CCC#CCNC(C)(C)C. The molecular weight excluding hydrogens is 280 g/mol. The first-order valence-corrected chi connectivity index (χ1v) is 9.25. The molecule has 0 radical (unpaired) electrons. The lowest BCUT2D eigenvalue weighted by molar-refractivity contribution is 0.342. The number of hydrogen-bond donors (Lipinski definition) is 2. The largest absolute Gasteiger partial charge is 0.312 e. The molecule has 132 valence electrons. The van der Waals surface area contributed by atoms with E-state index < -0.39 is 0 Å². The van der Waals surface area contributed by atoms with Gasteiger partial charge in [-0.2, -0.15) is 0 Å². The topological polar surface area (TPSA) is 24.1 Å². The van der Waals surface area contributed by atoms with Crippen molar-refractivity contribution in [3.63, 3.8) is 0 Å². The maximum Gasteiger partial charge on any atom is 0.0580 e. The van der Waals surface area contributed by atoms with Crippen molar-refractivity contribution < 1.29 is 0 Å². The lowest BCUT2D eigenvalue weighted by atomic mass is 9.92. The van der Waals surface area contributed by atoms with E-state index in [1.165, 1.54) is 19.4 Å². The molecule has 2 aliphatic rings. The second-order valence-electron chi connectivity index (χ2n) is 8.98. The molecule has 0 spiro atoms. The lowest BCUT2D eigenvalue weighted by Crippen LogP contribution is -2.39. The normalized spacial score (nSPS) is 25.6. The first-order chi connectivity index (χ1) is 10.6. The van der Waals surface area contributed by atoms with Gasteiger partial charge in [-0.05, 0) is 78.7 Å². The average molecular weight is 319 g/mol. The third-order valence-corrected chi connectivity index (χ3v) is 4.32. The van der Waals surface area contributed by atoms with Crippen molar-refractivity contribution in [1.82, 2.24) is 10.6 Å². The van der Waals surface area contributed by atoms with E-state index in [2.05, 4.69) is 83.1 Å². The van der Waals surface area contributed by atoms with Gasteiger partial charge in [0.15, 0.2) is 0 Å². The maximum atomic E-state index is 3.61. The number of hydrogen-bond acceptors (Lipinski definition) is 2. The number of rotatable bonds is 3. The van der Waals surface area contributed by atoms with E-state index in [9.17, 15) is 0 Å². The standard InChI is InChI=1S/C12H21N.C9H17N/c1-12(2,3)13-8-11-7-9-4-5-10(11)6-9;1-5-6-7-8-10-9(2,3)4/h4-5,9-11,13H,6-8H2,1-3H3;10H,5,8H2,1-4H3. The number of fused-ring (bicyclic) bond motifs is 2. The minimum Gasteiger partial charge on any atom is -0.312 e. The molecule has 2 nitrogen and oxygen atoms in total. The zero-order valence-electron chi connectivity index (χ0n) is 16.4. The molecule has 0 saturated heterocycles. The van der Waals surface area contributed by atoms with Crippen LogP contribution in [-0.4, -0.2) is 24.2 Å². The summed E-state index contributed by atoms with van der Waals surface area (Å²) in [5.74, 6) is 8.75. The van der Waals surface area contributed by atoms with E-state index in [1.807, 2.05) is 0 Å². The van der Waals surface area contributed by atoms with Crippen molar-refractivity contribution in [3.8, 4) is 11.8 Å². The Morgan fingerprint density at radius 2 is 1.57 bits per heavy atom. The molecule has 0 aliphatic heterocycles. The van der Waals surface area contributed by atoms with Crippen molar-refractivity contribution in [2.45, 2.75) is 78.8 Å². The van der Waals surface area contributed by atoms with Crippen LogP contribution in [0, 0.1) is 29.6 Å². The first-order valence-electron chi connectivity index (χ1n) is 9.25. The van der Waals surface area contributed by atoms with E-state index in [4.69, 9.17) is 0 Å². The minimum atomic E-state index is 0.197. The van der Waals surface area contributed by atoms with Crippen molar-refractivity contribution in [3.05, 3.63) is 12.2 Å². The Kier molecular flexibility index (Phi) is 7.84. The summed E-state index contributed by atoms with van der Waals surface area (Å²) >= 11 is 0. The van der Waals surface area contributed by atoms with Gasteiger partial charge in [-0.25, -0.2) is 0 Å². The second-order valence-corrected chi connectivity index (χ2v) is 8.98. The highest BCUT2D eigenvalue weighted by atomic mass is 14.9. The smallest absolute Gasteiger partial charge is 0.0580 e. The fourth-order valence-corrected chi connectivity index (χ4v) is 3.06. The highest BCUT2D eigenvalue weighted by molar-refractivity contribution is 5.10. The van der Waals surface area contributed by atoms with Gasteiger partial charge in [-0.3, -0.25) is 0 Å². The quantitative estimate of drug-likeness (QED) is 0.596. The van der Waals surface area contributed by atoms with Gasteiger partial charge in [-0.1, -0.05) is 25.0 Å². The Balaban J connectivity index is 0.000000241. The zero-order chi connectivity index (χ0) is 17.5. The van der Waals surface area contributed by atoms with Crippen molar-refractivity contribution in [2.24, 2.45) is 17.8 Å². The zero-order valence-corrected chi connectivity index (χ0v) is 16.4. The molecule has 2 bridgehead atoms. The van der Waals surface area contributed by atoms with Crippen LogP contribution in [0.5, 0.6) is 0 Å². The van der Waals surface area contributed by atoms with Crippen LogP contribution in [0.1, 0.15) is 67.7 Å². The molecule has 1 saturated carbocycles. The van der Waals surface area contributed by atoms with Gasteiger partial charge in [0.2, 0.25) is 0 Å². The Hall–Kier alpha value is -0.780. The monoisotopic (exact) mass is 318 g/mol. The second kappa shape index (κ2) is 8.90. The van der Waals surface area contributed by atoms with Crippen molar-refractivity contribution in [1.29, 1.82) is 0 Å². The van der Waals surface area contributed by atoms with Gasteiger partial charge >= 0.3 is 0 Å². The van der Waals surface area contributed by atoms with Crippen LogP contribution in [0.2, 0.25) is 0 Å². The van der Waals surface area contributed by atoms with Gasteiger partial charge < -0.3 is 10.6 Å². The molecule has 2 heteroatoms. The van der Waals surface area contributed by atoms with E-state index >= 15 is 0 Å². The Morgan fingerprint density at radius 3 is 2.00 bits per heavy atom. The van der Waals surface area contributed by atoms with Gasteiger partial charge in [-0.15, -0.1) is 5.92 Å². The molecule has 2 N–H and O–H groups in total. The van der Waals surface area contributed by atoms with E-state index in [1.54, 1.807) is 0 Å². The van der Waals surface area contributed by atoms with Crippen molar-refractivity contribution in [2.75, 3.05) is 13.1 Å². The van der Waals surface area contributed by atoms with Crippen LogP contribution < -0.4 is 10.6 Å². The van der Waals surface area contributed by atoms with Gasteiger partial charge in [0.05, 0.1) is 6.54 Å². The van der Waals surface area contributed by atoms with E-state index in [0.717, 1.165) is 30.7 Å². The molecular formula is C21H38N2. The summed E-state index contributed by atoms with van der Waals surface area (Å²) in [5.41, 5.74) is 0.480. The van der Waals surface area contributed by atoms with Crippen molar-refractivity contribution >= 4 is 0 Å². The molecule has 2 rings (SSSR count). The lowest BCUT2D eigenvalue weighted by Gasteiger charge is -2.26. The van der Waals surface area contributed by atoms with E-state index in [0.29, 0.717) is 0 Å². The predicted molar refractivity (Wildman–Crippen MR) is 102 cm³/mol. The highest BCUT2D eigenvalue weighted by Crippen LogP contribution is 2.43. The maximum absolute atomic E-state index is 3.61. The van der Waals surface area contributed by atoms with Crippen LogP contribution in [0.15, 0.2) is 12.2 Å². The fraction of sp³-hybridized carbons (Fsp3) is 0.810. The average Bonchev–Trinajstić information content (AvgIpc) is 3.03. The summed E-state index contributed by atoms with van der Waals surface area (Å²) in [5, 5.41) is 6.90. The molecule has 0 amide bonds. The van der Waals surface area contributed by atoms with Gasteiger partial charge in [0.25, 0.3) is 0 Å². The Labute approximate surface area is 144 Å². The summed E-state index contributed by atoms with van der Waals surface area (Å²) in [6.45, 7) is 17.2. The summed E-state index contributed by atoms with van der Waals surface area (Å²) in [6.07, 6.45) is 8.65. The summed E-state index contributed by atoms with van der Waals surface area (Å²) in [6, 6.07) is 0. The summed E-state index contributed by atoms with van der Waals surface area (Å²) in [7, 11) is 0. The highest BCUT2D eigenvalue weighted by Gasteiger charge is 2.35. The molecule has 2 aliphatic carbocycles. The predicted octanol–water partition coefficient (Wildman–Crippen LogP) is 4.37. The Morgan fingerprint density at radius 1 is 0.913 bits per heavy atom. The molecule has 0 aromatic rings. The van der Waals surface area contributed by atoms with Crippen LogP contribution in [0.4, 0.5) is 0 Å².